The van der Waals surface area contributed by atoms with Crippen LogP contribution < -0.4 is 10.9 Å². The van der Waals surface area contributed by atoms with Crippen LogP contribution in [0.3, 0.4) is 0 Å². The number of carboxylic acid groups (broad SMARTS) is 1. The molecule has 5 nitrogen and oxygen atoms in total. The summed E-state index contributed by atoms with van der Waals surface area (Å²) in [5.74, 6) is -0.889. The van der Waals surface area contributed by atoms with Gasteiger partial charge >= 0.3 is 5.97 Å². The van der Waals surface area contributed by atoms with Gasteiger partial charge in [-0.05, 0) is 12.1 Å². The van der Waals surface area contributed by atoms with Gasteiger partial charge in [-0.25, -0.2) is 0 Å². The standard InChI is InChI=1S/C8H10N2O3/c11-7(12)3-5-9-6-2-1-4-10-8(6)13/h1-2,4,9H,3,5H2,(H,10,13)(H,11,12). The van der Waals surface area contributed by atoms with Gasteiger partial charge in [0.1, 0.15) is 5.69 Å². The van der Waals surface area contributed by atoms with Crippen molar-refractivity contribution in [2.45, 2.75) is 6.42 Å². The highest BCUT2D eigenvalue weighted by molar-refractivity contribution is 5.67. The van der Waals surface area contributed by atoms with Crippen LogP contribution in [0.1, 0.15) is 6.42 Å². The fraction of sp³-hybridized carbons (Fsp3) is 0.250. The molecule has 0 aliphatic heterocycles. The third-order valence-electron chi connectivity index (χ3n) is 1.47. The lowest BCUT2D eigenvalue weighted by Gasteiger charge is -2.01. The number of hydrogen-bond acceptors (Lipinski definition) is 3. The molecule has 5 heteroatoms. The normalized spacial score (nSPS) is 9.54. The summed E-state index contributed by atoms with van der Waals surface area (Å²) in [6.07, 6.45) is 1.51. The molecule has 0 saturated carbocycles. The van der Waals surface area contributed by atoms with Gasteiger partial charge in [0, 0.05) is 12.7 Å². The molecule has 0 fully saturated rings. The van der Waals surface area contributed by atoms with Gasteiger partial charge in [-0.3, -0.25) is 9.59 Å². The first-order chi connectivity index (χ1) is 6.20. The Morgan fingerprint density at radius 1 is 1.62 bits per heavy atom. The second kappa shape index (κ2) is 4.30. The number of carboxylic acids is 1. The lowest BCUT2D eigenvalue weighted by molar-refractivity contribution is -0.136. The van der Waals surface area contributed by atoms with Gasteiger partial charge in [0.2, 0.25) is 0 Å². The van der Waals surface area contributed by atoms with Crippen molar-refractivity contribution in [1.29, 1.82) is 0 Å². The Morgan fingerprint density at radius 2 is 2.38 bits per heavy atom. The van der Waals surface area contributed by atoms with Crippen LogP contribution in [-0.4, -0.2) is 22.6 Å². The van der Waals surface area contributed by atoms with Crippen LogP contribution in [0.5, 0.6) is 0 Å². The summed E-state index contributed by atoms with van der Waals surface area (Å²) in [7, 11) is 0. The Hall–Kier alpha value is -1.78. The Balaban J connectivity index is 2.50. The lowest BCUT2D eigenvalue weighted by atomic mass is 10.4. The number of pyridine rings is 1. The summed E-state index contributed by atoms with van der Waals surface area (Å²) >= 11 is 0. The molecular weight excluding hydrogens is 172 g/mol. The van der Waals surface area contributed by atoms with Gasteiger partial charge < -0.3 is 15.4 Å². The molecule has 0 amide bonds. The summed E-state index contributed by atoms with van der Waals surface area (Å²) in [5, 5.41) is 11.1. The van der Waals surface area contributed by atoms with Gasteiger partial charge in [0.15, 0.2) is 0 Å². The van der Waals surface area contributed by atoms with Crippen LogP contribution in [0.15, 0.2) is 23.1 Å². The maximum atomic E-state index is 11.0. The minimum Gasteiger partial charge on any atom is -0.481 e. The molecule has 0 aliphatic carbocycles. The summed E-state index contributed by atoms with van der Waals surface area (Å²) in [5.41, 5.74) is 0.150. The van der Waals surface area contributed by atoms with E-state index in [0.29, 0.717) is 5.69 Å². The molecule has 70 valence electrons. The van der Waals surface area contributed by atoms with Crippen molar-refractivity contribution in [3.8, 4) is 0 Å². The van der Waals surface area contributed by atoms with Crippen molar-refractivity contribution in [2.24, 2.45) is 0 Å². The predicted molar refractivity (Wildman–Crippen MR) is 47.8 cm³/mol. The number of aromatic amines is 1. The highest BCUT2D eigenvalue weighted by atomic mass is 16.4. The molecule has 0 bridgehead atoms. The Bertz CT molecular complexity index is 345. The largest absolute Gasteiger partial charge is 0.481 e. The fourth-order valence-electron chi connectivity index (χ4n) is 0.865. The zero-order chi connectivity index (χ0) is 9.68. The Kier molecular flexibility index (Phi) is 3.08. The molecule has 0 aliphatic rings. The molecule has 1 aromatic heterocycles. The first-order valence-corrected chi connectivity index (χ1v) is 3.83. The van der Waals surface area contributed by atoms with Crippen LogP contribution in [0.25, 0.3) is 0 Å². The number of H-pyrrole nitrogens is 1. The van der Waals surface area contributed by atoms with Crippen molar-refractivity contribution < 1.29 is 9.90 Å². The summed E-state index contributed by atoms with van der Waals surface area (Å²) < 4.78 is 0. The van der Waals surface area contributed by atoms with Gasteiger partial charge in [0.05, 0.1) is 6.42 Å². The van der Waals surface area contributed by atoms with Gasteiger partial charge in [-0.2, -0.15) is 0 Å². The van der Waals surface area contributed by atoms with E-state index in [1.807, 2.05) is 0 Å². The molecule has 0 radical (unpaired) electrons. The lowest BCUT2D eigenvalue weighted by Crippen LogP contribution is -2.15. The molecule has 0 saturated heterocycles. The highest BCUT2D eigenvalue weighted by Crippen LogP contribution is 1.95. The molecule has 0 aromatic carbocycles. The monoisotopic (exact) mass is 182 g/mol. The number of carbonyl (C=O) groups is 1. The van der Waals surface area contributed by atoms with Gasteiger partial charge in [-0.1, -0.05) is 0 Å². The van der Waals surface area contributed by atoms with Crippen molar-refractivity contribution >= 4 is 11.7 Å². The van der Waals surface area contributed by atoms with Crippen molar-refractivity contribution in [1.82, 2.24) is 4.98 Å². The first kappa shape index (κ1) is 9.31. The number of hydrogen-bond donors (Lipinski definition) is 3. The maximum Gasteiger partial charge on any atom is 0.305 e. The molecular formula is C8H10N2O3. The topological polar surface area (TPSA) is 82.2 Å². The summed E-state index contributed by atoms with van der Waals surface area (Å²) in [4.78, 5) is 23.7. The summed E-state index contributed by atoms with van der Waals surface area (Å²) in [6.45, 7) is 0.252. The second-order valence-electron chi connectivity index (χ2n) is 2.48. The van der Waals surface area contributed by atoms with Crippen LogP contribution in [0, 0.1) is 0 Å². The number of nitrogens with one attached hydrogen (secondary N) is 2. The number of aromatic nitrogens is 1. The van der Waals surface area contributed by atoms with E-state index in [2.05, 4.69) is 10.3 Å². The Morgan fingerprint density at radius 3 is 3.00 bits per heavy atom. The quantitative estimate of drug-likeness (QED) is 0.623. The second-order valence-corrected chi connectivity index (χ2v) is 2.48. The van der Waals surface area contributed by atoms with Crippen LogP contribution in [0.4, 0.5) is 5.69 Å². The minimum atomic E-state index is -0.889. The third kappa shape index (κ3) is 2.98. The van der Waals surface area contributed by atoms with E-state index >= 15 is 0 Å². The molecule has 13 heavy (non-hydrogen) atoms. The summed E-state index contributed by atoms with van der Waals surface area (Å²) in [6, 6.07) is 3.27. The zero-order valence-electron chi connectivity index (χ0n) is 6.91. The first-order valence-electron chi connectivity index (χ1n) is 3.83. The van der Waals surface area contributed by atoms with Gasteiger partial charge in [-0.15, -0.1) is 0 Å². The highest BCUT2D eigenvalue weighted by Gasteiger charge is 1.98. The van der Waals surface area contributed by atoms with Crippen molar-refractivity contribution in [3.05, 3.63) is 28.7 Å². The predicted octanol–water partition coefficient (Wildman–Crippen LogP) is 0.262. The van der Waals surface area contributed by atoms with E-state index in [-0.39, 0.29) is 18.5 Å². The van der Waals surface area contributed by atoms with Crippen LogP contribution >= 0.6 is 0 Å². The fourth-order valence-corrected chi connectivity index (χ4v) is 0.865. The molecule has 1 aromatic rings. The molecule has 0 unspecified atom stereocenters. The van der Waals surface area contributed by atoms with E-state index in [0.717, 1.165) is 0 Å². The molecule has 0 atom stereocenters. The molecule has 3 N–H and O–H groups in total. The Labute approximate surface area is 74.4 Å². The zero-order valence-corrected chi connectivity index (χ0v) is 6.91. The smallest absolute Gasteiger partial charge is 0.305 e. The van der Waals surface area contributed by atoms with E-state index < -0.39 is 5.97 Å². The van der Waals surface area contributed by atoms with Crippen molar-refractivity contribution in [2.75, 3.05) is 11.9 Å². The van der Waals surface area contributed by atoms with Crippen molar-refractivity contribution in [3.63, 3.8) is 0 Å². The van der Waals surface area contributed by atoms with E-state index in [1.165, 1.54) is 6.20 Å². The average Bonchev–Trinajstić information content (AvgIpc) is 2.08. The number of aliphatic carboxylic acids is 1. The molecule has 1 heterocycles. The van der Waals surface area contributed by atoms with Crippen LogP contribution in [0.2, 0.25) is 0 Å². The minimum absolute atomic E-state index is 0.00562. The third-order valence-corrected chi connectivity index (χ3v) is 1.47. The van der Waals surface area contributed by atoms with E-state index in [1.54, 1.807) is 12.1 Å². The number of rotatable bonds is 4. The van der Waals surface area contributed by atoms with E-state index in [9.17, 15) is 9.59 Å². The SMILES string of the molecule is O=C(O)CCNc1ccc[nH]c1=O. The molecule has 1 rings (SSSR count). The number of anilines is 1. The van der Waals surface area contributed by atoms with Gasteiger partial charge in [0.25, 0.3) is 5.56 Å². The average molecular weight is 182 g/mol. The molecule has 0 spiro atoms. The maximum absolute atomic E-state index is 11.0. The van der Waals surface area contributed by atoms with E-state index in [4.69, 9.17) is 5.11 Å². The van der Waals surface area contributed by atoms with Crippen LogP contribution in [-0.2, 0) is 4.79 Å².